The van der Waals surface area contributed by atoms with Crippen molar-refractivity contribution >= 4 is 0 Å². The highest BCUT2D eigenvalue weighted by molar-refractivity contribution is 5.09. The molecule has 0 aliphatic rings. The van der Waals surface area contributed by atoms with Crippen molar-refractivity contribution in [3.8, 4) is 0 Å². The van der Waals surface area contributed by atoms with Crippen LogP contribution in [0.4, 0.5) is 0 Å². The van der Waals surface area contributed by atoms with Crippen LogP contribution >= 0.6 is 0 Å². The smallest absolute Gasteiger partial charge is 0.142 e. The number of unbranched alkanes of at least 4 members (excludes halogenated alkanes) is 10. The lowest BCUT2D eigenvalue weighted by molar-refractivity contribution is 0.352. The number of hydrogen-bond donors (Lipinski definition) is 0. The van der Waals surface area contributed by atoms with E-state index in [1.807, 2.05) is 12.2 Å². The van der Waals surface area contributed by atoms with Crippen LogP contribution in [0.15, 0.2) is 36.6 Å². The molecule has 109 valence electrons. The molecule has 1 heteroatoms. The Morgan fingerprint density at radius 2 is 1.16 bits per heavy atom. The van der Waals surface area contributed by atoms with Crippen LogP contribution in [0, 0.1) is 0 Å². The molecule has 0 N–H and O–H groups in total. The van der Waals surface area contributed by atoms with E-state index in [9.17, 15) is 5.11 Å². The van der Waals surface area contributed by atoms with E-state index in [0.29, 0.717) is 0 Å². The van der Waals surface area contributed by atoms with E-state index in [2.05, 4.69) is 13.0 Å². The van der Waals surface area contributed by atoms with Gasteiger partial charge in [0.15, 0.2) is 0 Å². The summed E-state index contributed by atoms with van der Waals surface area (Å²) < 4.78 is 0. The van der Waals surface area contributed by atoms with Gasteiger partial charge in [0.2, 0.25) is 0 Å². The van der Waals surface area contributed by atoms with Crippen molar-refractivity contribution in [2.24, 2.45) is 0 Å². The Kier molecular flexibility index (Phi) is 16.1. The predicted octanol–water partition coefficient (Wildman–Crippen LogP) is 6.35. The summed E-state index contributed by atoms with van der Waals surface area (Å²) in [6, 6.07) is 0. The molecule has 19 heavy (non-hydrogen) atoms. The van der Waals surface area contributed by atoms with Crippen molar-refractivity contribution in [2.75, 3.05) is 0 Å². The van der Waals surface area contributed by atoms with Crippen molar-refractivity contribution < 1.29 is 5.11 Å². The summed E-state index contributed by atoms with van der Waals surface area (Å²) in [5, 5.41) is 10.0. The van der Waals surface area contributed by atoms with Gasteiger partial charge in [-0.25, -0.2) is 0 Å². The molecule has 0 aromatic carbocycles. The maximum Gasteiger partial charge on any atom is 0.142 e. The average molecular weight is 263 g/mol. The molecule has 0 amide bonds. The van der Waals surface area contributed by atoms with Crippen LogP contribution in [0.2, 0.25) is 0 Å². The van der Waals surface area contributed by atoms with E-state index in [4.69, 9.17) is 0 Å². The third-order valence-electron chi connectivity index (χ3n) is 3.27. The van der Waals surface area contributed by atoms with E-state index in [1.165, 1.54) is 70.3 Å². The molecule has 1 radical (unpaired) electrons. The first-order chi connectivity index (χ1) is 9.41. The largest absolute Gasteiger partial charge is 0.299 e. The number of hydrogen-bond acceptors (Lipinski definition) is 0. The van der Waals surface area contributed by atoms with Gasteiger partial charge >= 0.3 is 0 Å². The summed E-state index contributed by atoms with van der Waals surface area (Å²) in [5.74, 6) is 0. The van der Waals surface area contributed by atoms with E-state index in [-0.39, 0.29) is 0 Å². The molecular weight excluding hydrogens is 232 g/mol. The monoisotopic (exact) mass is 263 g/mol. The van der Waals surface area contributed by atoms with Crippen molar-refractivity contribution in [2.45, 2.75) is 77.6 Å². The van der Waals surface area contributed by atoms with Crippen LogP contribution < -0.4 is 0 Å². The first-order valence-corrected chi connectivity index (χ1v) is 8.02. The summed E-state index contributed by atoms with van der Waals surface area (Å²) in [6.07, 6.45) is 25.2. The van der Waals surface area contributed by atoms with Gasteiger partial charge < -0.3 is 0 Å². The Labute approximate surface area is 120 Å². The fourth-order valence-electron chi connectivity index (χ4n) is 2.10. The highest BCUT2D eigenvalue weighted by Crippen LogP contribution is 2.11. The van der Waals surface area contributed by atoms with E-state index < -0.39 is 0 Å². The first kappa shape index (κ1) is 18.0. The van der Waals surface area contributed by atoms with Gasteiger partial charge in [0, 0.05) is 0 Å². The van der Waals surface area contributed by atoms with Crippen LogP contribution in [-0.4, -0.2) is 0 Å². The highest BCUT2D eigenvalue weighted by atomic mass is 16.2. The van der Waals surface area contributed by atoms with Gasteiger partial charge in [-0.2, -0.15) is 0 Å². The Hall–Kier alpha value is -0.980. The molecule has 0 bridgehead atoms. The van der Waals surface area contributed by atoms with Crippen LogP contribution in [0.5, 0.6) is 0 Å². The summed E-state index contributed by atoms with van der Waals surface area (Å²) in [6.45, 7) is 2.27. The summed E-state index contributed by atoms with van der Waals surface area (Å²) in [7, 11) is 0. The summed E-state index contributed by atoms with van der Waals surface area (Å²) >= 11 is 0. The van der Waals surface area contributed by atoms with Gasteiger partial charge in [0.1, 0.15) is 6.26 Å². The molecule has 0 aliphatic heterocycles. The lowest BCUT2D eigenvalue weighted by atomic mass is 10.1. The third kappa shape index (κ3) is 17.0. The van der Waals surface area contributed by atoms with Crippen molar-refractivity contribution in [1.82, 2.24) is 0 Å². The van der Waals surface area contributed by atoms with Gasteiger partial charge in [0.05, 0.1) is 0 Å². The minimum Gasteiger partial charge on any atom is -0.299 e. The van der Waals surface area contributed by atoms with Crippen molar-refractivity contribution in [3.05, 3.63) is 36.6 Å². The zero-order valence-corrected chi connectivity index (χ0v) is 12.7. The molecule has 0 spiro atoms. The second-order valence-corrected chi connectivity index (χ2v) is 5.11. The molecule has 0 aliphatic carbocycles. The fourth-order valence-corrected chi connectivity index (χ4v) is 2.10. The molecular formula is C18H31O. The number of allylic oxidation sites excluding steroid dienone is 5. The Bertz CT molecular complexity index is 238. The van der Waals surface area contributed by atoms with Crippen LogP contribution in [-0.2, 0) is 5.11 Å². The Balaban J connectivity index is 3.10. The zero-order chi connectivity index (χ0) is 14.0. The Morgan fingerprint density at radius 3 is 1.74 bits per heavy atom. The van der Waals surface area contributed by atoms with Crippen molar-refractivity contribution in [1.29, 1.82) is 0 Å². The van der Waals surface area contributed by atoms with Crippen LogP contribution in [0.1, 0.15) is 77.6 Å². The molecule has 0 saturated carbocycles. The molecule has 0 heterocycles. The van der Waals surface area contributed by atoms with E-state index in [1.54, 1.807) is 6.08 Å². The molecule has 0 rings (SSSR count). The minimum absolute atomic E-state index is 0.798. The van der Waals surface area contributed by atoms with Gasteiger partial charge in [-0.3, -0.25) is 5.11 Å². The van der Waals surface area contributed by atoms with E-state index >= 15 is 0 Å². The molecule has 0 aromatic heterocycles. The van der Waals surface area contributed by atoms with E-state index in [0.717, 1.165) is 12.7 Å². The molecule has 0 atom stereocenters. The predicted molar refractivity (Wildman–Crippen MR) is 84.6 cm³/mol. The SMILES string of the molecule is CCCCCCCCCCCCC=CC=CC=C[O]. The quantitative estimate of drug-likeness (QED) is 0.209. The first-order valence-electron chi connectivity index (χ1n) is 8.02. The Morgan fingerprint density at radius 1 is 0.632 bits per heavy atom. The fraction of sp³-hybridized carbons (Fsp3) is 0.667. The molecule has 1 nitrogen and oxygen atoms in total. The summed E-state index contributed by atoms with van der Waals surface area (Å²) in [5.41, 5.74) is 0. The maximum atomic E-state index is 10.0. The third-order valence-corrected chi connectivity index (χ3v) is 3.27. The second-order valence-electron chi connectivity index (χ2n) is 5.11. The van der Waals surface area contributed by atoms with Crippen LogP contribution in [0.25, 0.3) is 0 Å². The maximum absolute atomic E-state index is 10.0. The molecule has 0 fully saturated rings. The van der Waals surface area contributed by atoms with Gasteiger partial charge in [-0.05, 0) is 18.9 Å². The topological polar surface area (TPSA) is 19.9 Å². The molecule has 0 saturated heterocycles. The van der Waals surface area contributed by atoms with Gasteiger partial charge in [-0.1, -0.05) is 89.0 Å². The summed E-state index contributed by atoms with van der Waals surface area (Å²) in [4.78, 5) is 0. The lowest BCUT2D eigenvalue weighted by Gasteiger charge is -2.01. The van der Waals surface area contributed by atoms with Crippen LogP contribution in [0.3, 0.4) is 0 Å². The van der Waals surface area contributed by atoms with Gasteiger partial charge in [0.25, 0.3) is 0 Å². The molecule has 0 aromatic rings. The minimum atomic E-state index is 0.798. The second kappa shape index (κ2) is 17.0. The lowest BCUT2D eigenvalue weighted by Crippen LogP contribution is -1.81. The normalized spacial score (nSPS) is 12.3. The standard InChI is InChI=1S/C18H31O/c1-2-3-4-5-6-7-8-9-10-11-12-13-14-15-16-17-18-19/h13-18H,2-12H2,1H3. The highest BCUT2D eigenvalue weighted by Gasteiger charge is 1.91. The average Bonchev–Trinajstić information content (AvgIpc) is 2.43. The number of rotatable bonds is 13. The van der Waals surface area contributed by atoms with Gasteiger partial charge in [-0.15, -0.1) is 0 Å². The van der Waals surface area contributed by atoms with Crippen molar-refractivity contribution in [3.63, 3.8) is 0 Å². The molecule has 0 unspecified atom stereocenters. The zero-order valence-electron chi connectivity index (χ0n) is 12.7.